The zero-order chi connectivity index (χ0) is 19.0. The number of aliphatic hydroxyl groups is 1. The van der Waals surface area contributed by atoms with Gasteiger partial charge in [-0.15, -0.1) is 10.2 Å². The predicted octanol–water partition coefficient (Wildman–Crippen LogP) is 2.59. The first-order valence-electron chi connectivity index (χ1n) is 8.54. The molecule has 9 heteroatoms. The molecule has 2 N–H and O–H groups in total. The normalized spacial score (nSPS) is 20.1. The molecule has 4 rings (SSSR count). The van der Waals surface area contributed by atoms with Crippen molar-refractivity contribution in [2.45, 2.75) is 37.8 Å². The highest BCUT2D eigenvalue weighted by Gasteiger charge is 2.36. The monoisotopic (exact) mass is 372 g/mol. The van der Waals surface area contributed by atoms with E-state index in [1.807, 2.05) is 0 Å². The molecular formula is C18H17FN4O4. The van der Waals surface area contributed by atoms with E-state index in [0.29, 0.717) is 30.0 Å². The lowest BCUT2D eigenvalue weighted by Crippen LogP contribution is -2.43. The summed E-state index contributed by atoms with van der Waals surface area (Å²) in [6.45, 7) is 1.55. The van der Waals surface area contributed by atoms with Crippen LogP contribution in [0.2, 0.25) is 0 Å². The average Bonchev–Trinajstić information content (AvgIpc) is 3.28. The molecule has 27 heavy (non-hydrogen) atoms. The molecule has 8 nitrogen and oxygen atoms in total. The van der Waals surface area contributed by atoms with E-state index in [2.05, 4.69) is 20.7 Å². The summed E-state index contributed by atoms with van der Waals surface area (Å²) in [5, 5.41) is 23.9. The topological polar surface area (TPSA) is 114 Å². The quantitative estimate of drug-likeness (QED) is 0.707. The molecule has 2 heterocycles. The van der Waals surface area contributed by atoms with E-state index < -0.39 is 6.10 Å². The third-order valence-electron chi connectivity index (χ3n) is 4.51. The maximum Gasteiger partial charge on any atom is 0.290 e. The number of halogens is 1. The predicted molar refractivity (Wildman–Crippen MR) is 90.1 cm³/mol. The minimum absolute atomic E-state index is 0.0382. The second-order valence-corrected chi connectivity index (χ2v) is 6.58. The standard InChI is InChI=1S/C18H17FN4O4/c1-9(24)17-21-22-18(26-17)11-6-13(7-11)20-16(25)15-8-14(23-27-15)10-2-4-12(19)5-3-10/h2-5,8-9,11,13,24H,6-7H2,1H3,(H,20,25)/t9-,11-,13-/m1/s1. The Morgan fingerprint density at radius 3 is 2.70 bits per heavy atom. The van der Waals surface area contributed by atoms with Crippen LogP contribution in [0.15, 0.2) is 39.3 Å². The molecule has 0 aliphatic heterocycles. The van der Waals surface area contributed by atoms with Gasteiger partial charge in [-0.3, -0.25) is 4.79 Å². The number of hydrogen-bond acceptors (Lipinski definition) is 7. The van der Waals surface area contributed by atoms with E-state index >= 15 is 0 Å². The zero-order valence-corrected chi connectivity index (χ0v) is 14.4. The second kappa shape index (κ2) is 6.92. The Balaban J connectivity index is 1.33. The summed E-state index contributed by atoms with van der Waals surface area (Å²) in [6.07, 6.45) is 0.515. The van der Waals surface area contributed by atoms with Crippen LogP contribution in [0.3, 0.4) is 0 Å². The van der Waals surface area contributed by atoms with E-state index in [0.717, 1.165) is 0 Å². The zero-order valence-electron chi connectivity index (χ0n) is 14.4. The first-order valence-corrected chi connectivity index (χ1v) is 8.54. The Kier molecular flexibility index (Phi) is 4.44. The van der Waals surface area contributed by atoms with Crippen LogP contribution in [0, 0.1) is 5.82 Å². The number of aromatic nitrogens is 3. The summed E-state index contributed by atoms with van der Waals surface area (Å²) in [5.74, 6) is 0.0879. The lowest BCUT2D eigenvalue weighted by Gasteiger charge is -2.33. The van der Waals surface area contributed by atoms with Crippen LogP contribution in [0.5, 0.6) is 0 Å². The van der Waals surface area contributed by atoms with E-state index in [1.54, 1.807) is 19.1 Å². The van der Waals surface area contributed by atoms with Crippen molar-refractivity contribution in [1.29, 1.82) is 0 Å². The van der Waals surface area contributed by atoms with Crippen LogP contribution < -0.4 is 5.32 Å². The number of carbonyl (C=O) groups excluding carboxylic acids is 1. The van der Waals surface area contributed by atoms with Gasteiger partial charge in [0, 0.05) is 23.6 Å². The van der Waals surface area contributed by atoms with Crippen molar-refractivity contribution in [3.8, 4) is 11.3 Å². The van der Waals surface area contributed by atoms with E-state index in [1.165, 1.54) is 18.2 Å². The van der Waals surface area contributed by atoms with Gasteiger partial charge in [0.05, 0.1) is 0 Å². The molecule has 1 amide bonds. The largest absolute Gasteiger partial charge is 0.422 e. The van der Waals surface area contributed by atoms with Gasteiger partial charge in [-0.25, -0.2) is 4.39 Å². The fourth-order valence-corrected chi connectivity index (χ4v) is 2.91. The first-order chi connectivity index (χ1) is 13.0. The van der Waals surface area contributed by atoms with Gasteiger partial charge in [0.1, 0.15) is 17.6 Å². The second-order valence-electron chi connectivity index (χ2n) is 6.58. The summed E-state index contributed by atoms with van der Waals surface area (Å²) in [5.41, 5.74) is 1.12. The van der Waals surface area contributed by atoms with E-state index in [4.69, 9.17) is 8.94 Å². The SMILES string of the molecule is C[C@@H](O)c1nnc([C@H]2C[C@H](NC(=O)c3cc(-c4ccc(F)cc4)no3)C2)o1. The van der Waals surface area contributed by atoms with Crippen LogP contribution in [0.4, 0.5) is 4.39 Å². The maximum absolute atomic E-state index is 13.0. The van der Waals surface area contributed by atoms with Crippen molar-refractivity contribution < 1.29 is 23.2 Å². The Labute approximate surface area is 153 Å². The number of rotatable bonds is 5. The van der Waals surface area contributed by atoms with Gasteiger partial charge in [0.15, 0.2) is 0 Å². The summed E-state index contributed by atoms with van der Waals surface area (Å²) in [7, 11) is 0. The van der Waals surface area contributed by atoms with Crippen molar-refractivity contribution in [3.63, 3.8) is 0 Å². The number of nitrogens with one attached hydrogen (secondary N) is 1. The molecule has 1 fully saturated rings. The van der Waals surface area contributed by atoms with Crippen molar-refractivity contribution in [2.24, 2.45) is 0 Å². The van der Waals surface area contributed by atoms with Gasteiger partial charge in [0.25, 0.3) is 5.91 Å². The van der Waals surface area contributed by atoms with Gasteiger partial charge >= 0.3 is 0 Å². The minimum Gasteiger partial charge on any atom is -0.422 e. The number of nitrogens with zero attached hydrogens (tertiary/aromatic N) is 3. The molecule has 1 saturated carbocycles. The van der Waals surface area contributed by atoms with Crippen molar-refractivity contribution in [3.05, 3.63) is 53.7 Å². The lowest BCUT2D eigenvalue weighted by molar-refractivity contribution is 0.0864. The van der Waals surface area contributed by atoms with Gasteiger partial charge in [0.2, 0.25) is 17.5 Å². The third kappa shape index (κ3) is 3.59. The Morgan fingerprint density at radius 2 is 2.04 bits per heavy atom. The summed E-state index contributed by atoms with van der Waals surface area (Å²) < 4.78 is 23.5. The number of carbonyl (C=O) groups is 1. The van der Waals surface area contributed by atoms with Crippen LogP contribution in [-0.4, -0.2) is 32.4 Å². The summed E-state index contributed by atoms with van der Waals surface area (Å²) in [4.78, 5) is 12.3. The highest BCUT2D eigenvalue weighted by atomic mass is 19.1. The first kappa shape index (κ1) is 17.3. The van der Waals surface area contributed by atoms with Crippen LogP contribution in [-0.2, 0) is 0 Å². The maximum atomic E-state index is 13.0. The van der Waals surface area contributed by atoms with Gasteiger partial charge in [-0.1, -0.05) is 5.16 Å². The van der Waals surface area contributed by atoms with E-state index in [-0.39, 0.29) is 35.3 Å². The van der Waals surface area contributed by atoms with E-state index in [9.17, 15) is 14.3 Å². The molecule has 3 aromatic rings. The van der Waals surface area contributed by atoms with Crippen LogP contribution in [0.1, 0.15) is 54.1 Å². The van der Waals surface area contributed by atoms with Crippen LogP contribution >= 0.6 is 0 Å². The summed E-state index contributed by atoms with van der Waals surface area (Å²) in [6, 6.07) is 7.25. The Morgan fingerprint density at radius 1 is 1.30 bits per heavy atom. The Hall–Kier alpha value is -3.07. The van der Waals surface area contributed by atoms with Crippen LogP contribution in [0.25, 0.3) is 11.3 Å². The molecule has 2 aromatic heterocycles. The third-order valence-corrected chi connectivity index (χ3v) is 4.51. The van der Waals surface area contributed by atoms with Crippen molar-refractivity contribution in [1.82, 2.24) is 20.7 Å². The minimum atomic E-state index is -0.802. The number of hydrogen-bond donors (Lipinski definition) is 2. The molecule has 0 bridgehead atoms. The smallest absolute Gasteiger partial charge is 0.290 e. The fraction of sp³-hybridized carbons (Fsp3) is 0.333. The highest BCUT2D eigenvalue weighted by Crippen LogP contribution is 2.36. The van der Waals surface area contributed by atoms with Gasteiger partial charge < -0.3 is 19.4 Å². The molecule has 0 unspecified atom stereocenters. The fourth-order valence-electron chi connectivity index (χ4n) is 2.91. The highest BCUT2D eigenvalue weighted by molar-refractivity contribution is 5.92. The molecule has 0 saturated heterocycles. The number of amides is 1. The van der Waals surface area contributed by atoms with Crippen molar-refractivity contribution >= 4 is 5.91 Å². The van der Waals surface area contributed by atoms with Crippen molar-refractivity contribution in [2.75, 3.05) is 0 Å². The molecule has 1 aliphatic rings. The molecule has 1 atom stereocenters. The Bertz CT molecular complexity index is 944. The molecule has 1 aliphatic carbocycles. The molecule has 140 valence electrons. The molecule has 0 radical (unpaired) electrons. The number of benzene rings is 1. The van der Waals surface area contributed by atoms with Gasteiger partial charge in [-0.2, -0.15) is 0 Å². The summed E-state index contributed by atoms with van der Waals surface area (Å²) >= 11 is 0. The number of aliphatic hydroxyl groups excluding tert-OH is 1. The lowest BCUT2D eigenvalue weighted by atomic mass is 9.80. The van der Waals surface area contributed by atoms with Gasteiger partial charge in [-0.05, 0) is 44.0 Å². The molecule has 0 spiro atoms. The molecular weight excluding hydrogens is 355 g/mol. The average molecular weight is 372 g/mol. The molecule has 1 aromatic carbocycles.